The van der Waals surface area contributed by atoms with Gasteiger partial charge >= 0.3 is 0 Å². The molecule has 0 spiro atoms. The van der Waals surface area contributed by atoms with E-state index in [0.29, 0.717) is 0 Å². The van der Waals surface area contributed by atoms with E-state index in [2.05, 4.69) is 69.8 Å². The van der Waals surface area contributed by atoms with Gasteiger partial charge in [0.05, 0.1) is 0 Å². The molecule has 0 aliphatic carbocycles. The Labute approximate surface area is 117 Å². The van der Waals surface area contributed by atoms with E-state index in [1.54, 1.807) is 0 Å². The zero-order valence-electron chi connectivity index (χ0n) is 13.1. The molecule has 1 aromatic rings. The third kappa shape index (κ3) is 4.23. The molecule has 104 valence electrons. The number of aryl methyl sites for hydroxylation is 2. The number of hydrogen-bond donors (Lipinski definition) is 0. The quantitative estimate of drug-likeness (QED) is 0.697. The van der Waals surface area contributed by atoms with Gasteiger partial charge in [-0.15, -0.1) is 0 Å². The molecule has 0 radical (unpaired) electrons. The van der Waals surface area contributed by atoms with Crippen molar-refractivity contribution in [1.29, 1.82) is 0 Å². The maximum atomic E-state index is 4.46. The lowest BCUT2D eigenvalue weighted by Gasteiger charge is -2.20. The van der Waals surface area contributed by atoms with Crippen molar-refractivity contribution in [3.8, 4) is 0 Å². The summed E-state index contributed by atoms with van der Waals surface area (Å²) in [6.07, 6.45) is 4.03. The minimum atomic E-state index is 0.998. The molecular formula is C17H26N2. The fourth-order valence-electron chi connectivity index (χ4n) is 1.87. The normalized spacial score (nSPS) is 12.7. The molecule has 0 aliphatic heterocycles. The predicted molar refractivity (Wildman–Crippen MR) is 86.1 cm³/mol. The van der Waals surface area contributed by atoms with E-state index in [-0.39, 0.29) is 0 Å². The Morgan fingerprint density at radius 1 is 1.26 bits per heavy atom. The number of allylic oxidation sites excluding steroid dienone is 1. The molecule has 0 saturated heterocycles. The van der Waals surface area contributed by atoms with Gasteiger partial charge in [0.25, 0.3) is 0 Å². The molecule has 1 rings (SSSR count). The SMILES string of the molecule is CC/C(C)=N/C=C(\C)N(C)c1ccc(CC)c(C)c1. The van der Waals surface area contributed by atoms with Crippen LogP contribution in [-0.4, -0.2) is 12.8 Å². The van der Waals surface area contributed by atoms with Crippen LogP contribution in [-0.2, 0) is 6.42 Å². The lowest BCUT2D eigenvalue weighted by molar-refractivity contribution is 1.06. The molecule has 0 N–H and O–H groups in total. The van der Waals surface area contributed by atoms with Crippen LogP contribution in [0.3, 0.4) is 0 Å². The van der Waals surface area contributed by atoms with E-state index < -0.39 is 0 Å². The second-order valence-corrected chi connectivity index (χ2v) is 5.01. The second-order valence-electron chi connectivity index (χ2n) is 5.01. The number of nitrogens with zero attached hydrogens (tertiary/aromatic N) is 2. The molecule has 0 fully saturated rings. The standard InChI is InChI=1S/C17H26N2/c1-7-14(4)18-12-15(5)19(6)17-10-9-16(8-2)13(3)11-17/h9-12H,7-8H2,1-6H3/b15-12+,18-14+. The number of aliphatic imine (C=N–C) groups is 1. The molecule has 2 nitrogen and oxygen atoms in total. The minimum Gasteiger partial charge on any atom is -0.347 e. The molecule has 2 heteroatoms. The van der Waals surface area contributed by atoms with E-state index in [9.17, 15) is 0 Å². The Kier molecular flexibility index (Phi) is 5.81. The Balaban J connectivity index is 2.94. The fourth-order valence-corrected chi connectivity index (χ4v) is 1.87. The summed E-state index contributed by atoms with van der Waals surface area (Å²) in [6.45, 7) is 10.6. The Morgan fingerprint density at radius 3 is 2.47 bits per heavy atom. The van der Waals surface area contributed by atoms with E-state index in [1.807, 2.05) is 6.20 Å². The largest absolute Gasteiger partial charge is 0.347 e. The first-order valence-corrected chi connectivity index (χ1v) is 7.02. The first-order valence-electron chi connectivity index (χ1n) is 7.02. The number of rotatable bonds is 5. The molecule has 0 amide bonds. The highest BCUT2D eigenvalue weighted by Gasteiger charge is 2.04. The molecule has 0 heterocycles. The highest BCUT2D eigenvalue weighted by Crippen LogP contribution is 2.21. The third-order valence-corrected chi connectivity index (χ3v) is 3.61. The van der Waals surface area contributed by atoms with Gasteiger partial charge in [-0.2, -0.15) is 0 Å². The van der Waals surface area contributed by atoms with Gasteiger partial charge in [-0.1, -0.05) is 19.9 Å². The monoisotopic (exact) mass is 258 g/mol. The third-order valence-electron chi connectivity index (χ3n) is 3.61. The maximum absolute atomic E-state index is 4.46. The van der Waals surface area contributed by atoms with Gasteiger partial charge in [-0.25, -0.2) is 0 Å². The van der Waals surface area contributed by atoms with Gasteiger partial charge in [0, 0.05) is 30.3 Å². The molecule has 0 aliphatic rings. The van der Waals surface area contributed by atoms with Gasteiger partial charge in [-0.3, -0.25) is 4.99 Å². The Morgan fingerprint density at radius 2 is 1.95 bits per heavy atom. The van der Waals surface area contributed by atoms with Crippen molar-refractivity contribution in [3.63, 3.8) is 0 Å². The average Bonchev–Trinajstić information content (AvgIpc) is 2.43. The molecule has 19 heavy (non-hydrogen) atoms. The lowest BCUT2D eigenvalue weighted by Crippen LogP contribution is -2.14. The van der Waals surface area contributed by atoms with Gasteiger partial charge in [-0.05, 0) is 56.9 Å². The Bertz CT molecular complexity index is 484. The van der Waals surface area contributed by atoms with Crippen molar-refractivity contribution < 1.29 is 0 Å². The van der Waals surface area contributed by atoms with Crippen molar-refractivity contribution in [1.82, 2.24) is 0 Å². The summed E-state index contributed by atoms with van der Waals surface area (Å²) in [4.78, 5) is 6.64. The van der Waals surface area contributed by atoms with Crippen molar-refractivity contribution in [2.24, 2.45) is 4.99 Å². The summed E-state index contributed by atoms with van der Waals surface area (Å²) in [5, 5.41) is 0. The molecule has 1 aromatic carbocycles. The number of benzene rings is 1. The first-order chi connectivity index (χ1) is 8.99. The van der Waals surface area contributed by atoms with Gasteiger partial charge in [0.2, 0.25) is 0 Å². The lowest BCUT2D eigenvalue weighted by atomic mass is 10.1. The average molecular weight is 258 g/mol. The maximum Gasteiger partial charge on any atom is 0.0459 e. The van der Waals surface area contributed by atoms with Crippen LogP contribution in [0.1, 0.15) is 45.2 Å². The molecule has 0 saturated carbocycles. The number of anilines is 1. The smallest absolute Gasteiger partial charge is 0.0459 e. The van der Waals surface area contributed by atoms with Gasteiger partial charge < -0.3 is 4.90 Å². The molecule has 0 aromatic heterocycles. The number of hydrogen-bond acceptors (Lipinski definition) is 2. The zero-order chi connectivity index (χ0) is 14.4. The van der Waals surface area contributed by atoms with Crippen LogP contribution in [0.2, 0.25) is 0 Å². The first kappa shape index (κ1) is 15.5. The second kappa shape index (κ2) is 7.13. The molecule has 0 atom stereocenters. The Hall–Kier alpha value is -1.57. The van der Waals surface area contributed by atoms with Crippen LogP contribution in [0.15, 0.2) is 35.1 Å². The van der Waals surface area contributed by atoms with Crippen LogP contribution in [0, 0.1) is 6.92 Å². The summed E-state index contributed by atoms with van der Waals surface area (Å²) >= 11 is 0. The summed E-state index contributed by atoms with van der Waals surface area (Å²) in [7, 11) is 2.09. The highest BCUT2D eigenvalue weighted by atomic mass is 15.1. The zero-order valence-corrected chi connectivity index (χ0v) is 13.1. The van der Waals surface area contributed by atoms with Crippen molar-refractivity contribution in [2.45, 2.75) is 47.5 Å². The van der Waals surface area contributed by atoms with E-state index >= 15 is 0 Å². The van der Waals surface area contributed by atoms with Crippen LogP contribution >= 0.6 is 0 Å². The highest BCUT2D eigenvalue weighted by molar-refractivity contribution is 5.82. The summed E-state index contributed by atoms with van der Waals surface area (Å²) in [6, 6.07) is 6.64. The molecule has 0 unspecified atom stereocenters. The minimum absolute atomic E-state index is 0.998. The molecule has 0 bridgehead atoms. The van der Waals surface area contributed by atoms with Crippen LogP contribution in [0.25, 0.3) is 0 Å². The van der Waals surface area contributed by atoms with Crippen LogP contribution in [0.5, 0.6) is 0 Å². The van der Waals surface area contributed by atoms with E-state index in [1.165, 1.54) is 16.8 Å². The van der Waals surface area contributed by atoms with Crippen LogP contribution in [0.4, 0.5) is 5.69 Å². The van der Waals surface area contributed by atoms with Crippen molar-refractivity contribution >= 4 is 11.4 Å². The van der Waals surface area contributed by atoms with Gasteiger partial charge in [0.1, 0.15) is 0 Å². The van der Waals surface area contributed by atoms with Crippen LogP contribution < -0.4 is 4.90 Å². The summed E-state index contributed by atoms with van der Waals surface area (Å²) in [5.41, 5.74) is 6.29. The van der Waals surface area contributed by atoms with E-state index in [4.69, 9.17) is 0 Å². The topological polar surface area (TPSA) is 15.6 Å². The van der Waals surface area contributed by atoms with Crippen molar-refractivity contribution in [2.75, 3.05) is 11.9 Å². The van der Waals surface area contributed by atoms with Crippen molar-refractivity contribution in [3.05, 3.63) is 41.2 Å². The van der Waals surface area contributed by atoms with Gasteiger partial charge in [0.15, 0.2) is 0 Å². The fraction of sp³-hybridized carbons (Fsp3) is 0.471. The molecular weight excluding hydrogens is 232 g/mol. The summed E-state index contributed by atoms with van der Waals surface area (Å²) < 4.78 is 0. The predicted octanol–water partition coefficient (Wildman–Crippen LogP) is 4.73. The summed E-state index contributed by atoms with van der Waals surface area (Å²) in [5.74, 6) is 0. The van der Waals surface area contributed by atoms with E-state index in [0.717, 1.165) is 24.3 Å².